The van der Waals surface area contributed by atoms with Crippen LogP contribution < -0.4 is 10.6 Å². The molecule has 0 unspecified atom stereocenters. The molecule has 40 heavy (non-hydrogen) atoms. The molecule has 10 heteroatoms. The summed E-state index contributed by atoms with van der Waals surface area (Å²) in [6.07, 6.45) is -2.33. The van der Waals surface area contributed by atoms with Crippen LogP contribution in [0.3, 0.4) is 0 Å². The topological polar surface area (TPSA) is 84.7 Å². The van der Waals surface area contributed by atoms with Crippen molar-refractivity contribution in [2.24, 2.45) is 0 Å². The number of ketones is 1. The molecule has 0 saturated heterocycles. The Morgan fingerprint density at radius 2 is 1.77 bits per heavy atom. The van der Waals surface area contributed by atoms with Gasteiger partial charge >= 0.3 is 6.18 Å². The number of carbonyl (C=O) groups is 1. The van der Waals surface area contributed by atoms with Crippen LogP contribution in [0.2, 0.25) is 0 Å². The van der Waals surface area contributed by atoms with Crippen LogP contribution in [0.4, 0.5) is 24.7 Å². The normalized spacial score (nSPS) is 11.7. The zero-order valence-corrected chi connectivity index (χ0v) is 23.2. The third-order valence-corrected chi connectivity index (χ3v) is 6.41. The van der Waals surface area contributed by atoms with Crippen LogP contribution >= 0.6 is 0 Å². The molecule has 2 N–H and O–H groups in total. The molecule has 7 nitrogen and oxygen atoms in total. The Morgan fingerprint density at radius 3 is 2.48 bits per heavy atom. The average molecular weight is 551 g/mol. The van der Waals surface area contributed by atoms with Crippen molar-refractivity contribution in [1.82, 2.24) is 25.1 Å². The molecule has 0 fully saturated rings. The van der Waals surface area contributed by atoms with Crippen molar-refractivity contribution in [2.45, 2.75) is 66.2 Å². The van der Waals surface area contributed by atoms with E-state index in [1.54, 1.807) is 4.68 Å². The second-order valence-electron chi connectivity index (χ2n) is 10.1. The molecule has 0 amide bonds. The van der Waals surface area contributed by atoms with E-state index in [1.807, 2.05) is 65.0 Å². The van der Waals surface area contributed by atoms with E-state index in [9.17, 15) is 18.0 Å². The number of aryl methyl sites for hydroxylation is 3. The van der Waals surface area contributed by atoms with Gasteiger partial charge in [-0.2, -0.15) is 23.0 Å². The molecule has 0 bridgehead atoms. The van der Waals surface area contributed by atoms with Gasteiger partial charge in [0.1, 0.15) is 12.1 Å². The molecule has 2 aromatic carbocycles. The van der Waals surface area contributed by atoms with Crippen molar-refractivity contribution in [3.8, 4) is 5.82 Å². The van der Waals surface area contributed by atoms with Crippen molar-refractivity contribution in [3.05, 3.63) is 94.1 Å². The molecule has 0 aliphatic carbocycles. The van der Waals surface area contributed by atoms with E-state index < -0.39 is 11.7 Å². The Balaban J connectivity index is 1.60. The fraction of sp³-hybridized carbons (Fsp3) is 0.333. The summed E-state index contributed by atoms with van der Waals surface area (Å²) in [4.78, 5) is 21.8. The van der Waals surface area contributed by atoms with Crippen molar-refractivity contribution >= 4 is 17.3 Å². The highest BCUT2D eigenvalue weighted by Gasteiger charge is 2.31. The third-order valence-electron chi connectivity index (χ3n) is 6.41. The number of benzene rings is 2. The van der Waals surface area contributed by atoms with Gasteiger partial charge in [-0.3, -0.25) is 4.79 Å². The minimum absolute atomic E-state index is 0.0367. The smallest absolute Gasteiger partial charge is 0.340 e. The number of alkyl halides is 3. The Bertz CT molecular complexity index is 1510. The molecule has 2 aromatic heterocycles. The molecule has 0 aliphatic heterocycles. The van der Waals surface area contributed by atoms with Gasteiger partial charge in [0.15, 0.2) is 11.6 Å². The summed E-state index contributed by atoms with van der Waals surface area (Å²) >= 11 is 0. The number of halogens is 3. The van der Waals surface area contributed by atoms with Crippen molar-refractivity contribution in [2.75, 3.05) is 5.32 Å². The van der Waals surface area contributed by atoms with Gasteiger partial charge in [-0.05, 0) is 61.2 Å². The highest BCUT2D eigenvalue weighted by Crippen LogP contribution is 2.31. The number of aromatic nitrogens is 4. The van der Waals surface area contributed by atoms with E-state index in [2.05, 4.69) is 25.7 Å². The number of nitrogens with one attached hydrogen (secondary N) is 2. The standard InChI is InChI=1S/C30H33F3N6O/c1-6-25-15-28(36-17-35-25)39-29(9-20(5)38-39)37-26-12-21(8-7-19(26)4)13-27(40)23-10-22(16-34-18(2)3)11-24(14-23)30(31,32)33/h7-12,14-15,17-18,34,37H,6,13,16H2,1-5H3. The van der Waals surface area contributed by atoms with E-state index in [0.29, 0.717) is 22.8 Å². The van der Waals surface area contributed by atoms with Crippen LogP contribution in [-0.2, 0) is 25.6 Å². The number of carbonyl (C=O) groups excluding carboxylic acids is 1. The number of anilines is 2. The lowest BCUT2D eigenvalue weighted by molar-refractivity contribution is -0.137. The summed E-state index contributed by atoms with van der Waals surface area (Å²) < 4.78 is 42.5. The van der Waals surface area contributed by atoms with E-state index in [-0.39, 0.29) is 30.4 Å². The summed E-state index contributed by atoms with van der Waals surface area (Å²) in [6.45, 7) is 9.88. The summed E-state index contributed by atoms with van der Waals surface area (Å²) in [5.74, 6) is 0.921. The maximum Gasteiger partial charge on any atom is 0.416 e. The average Bonchev–Trinajstić information content (AvgIpc) is 3.28. The molecule has 4 rings (SSSR count). The molecular weight excluding hydrogens is 517 g/mol. The zero-order valence-electron chi connectivity index (χ0n) is 23.2. The predicted octanol–water partition coefficient (Wildman–Crippen LogP) is 6.53. The van der Waals surface area contributed by atoms with E-state index in [4.69, 9.17) is 0 Å². The Hall–Kier alpha value is -4.05. The van der Waals surface area contributed by atoms with E-state index >= 15 is 0 Å². The SMILES string of the molecule is CCc1cc(-n2nc(C)cc2Nc2cc(CC(=O)c3cc(CNC(C)C)cc(C(F)(F)F)c3)ccc2C)ncn1. The Morgan fingerprint density at radius 1 is 1.00 bits per heavy atom. The van der Waals surface area contributed by atoms with E-state index in [0.717, 1.165) is 41.2 Å². The maximum absolute atomic E-state index is 13.6. The van der Waals surface area contributed by atoms with Gasteiger partial charge in [-0.15, -0.1) is 0 Å². The lowest BCUT2D eigenvalue weighted by Crippen LogP contribution is -2.22. The van der Waals surface area contributed by atoms with Gasteiger partial charge in [0.05, 0.1) is 11.3 Å². The lowest BCUT2D eigenvalue weighted by atomic mass is 9.97. The molecule has 0 saturated carbocycles. The molecular formula is C30H33F3N6O. The van der Waals surface area contributed by atoms with E-state index in [1.165, 1.54) is 12.4 Å². The van der Waals surface area contributed by atoms with Gasteiger partial charge in [0, 0.05) is 48.1 Å². The summed E-state index contributed by atoms with van der Waals surface area (Å²) in [6, 6.07) is 12.9. The van der Waals surface area contributed by atoms with Gasteiger partial charge in [0.25, 0.3) is 0 Å². The number of nitrogens with zero attached hydrogens (tertiary/aromatic N) is 4. The first-order valence-corrected chi connectivity index (χ1v) is 13.1. The molecule has 0 atom stereocenters. The summed E-state index contributed by atoms with van der Waals surface area (Å²) in [7, 11) is 0. The van der Waals surface area contributed by atoms with Gasteiger partial charge in [-0.25, -0.2) is 9.97 Å². The second kappa shape index (κ2) is 12.0. The first-order chi connectivity index (χ1) is 18.9. The minimum atomic E-state index is -4.55. The van der Waals surface area contributed by atoms with Crippen LogP contribution in [-0.4, -0.2) is 31.6 Å². The number of Topliss-reactive ketones (excluding diaryl/α,β-unsaturated/α-hetero) is 1. The van der Waals surface area contributed by atoms with Crippen LogP contribution in [0, 0.1) is 13.8 Å². The van der Waals surface area contributed by atoms with Crippen LogP contribution in [0.1, 0.15) is 64.8 Å². The lowest BCUT2D eigenvalue weighted by Gasteiger charge is -2.15. The van der Waals surface area contributed by atoms with Crippen molar-refractivity contribution in [1.29, 1.82) is 0 Å². The quantitative estimate of drug-likeness (QED) is 0.219. The number of hydrogen-bond acceptors (Lipinski definition) is 6. The highest BCUT2D eigenvalue weighted by atomic mass is 19.4. The van der Waals surface area contributed by atoms with Crippen molar-refractivity contribution < 1.29 is 18.0 Å². The third kappa shape index (κ3) is 7.12. The molecule has 0 aliphatic rings. The first kappa shape index (κ1) is 28.9. The fourth-order valence-corrected chi connectivity index (χ4v) is 4.24. The predicted molar refractivity (Wildman–Crippen MR) is 149 cm³/mol. The Kier molecular flexibility index (Phi) is 8.68. The summed E-state index contributed by atoms with van der Waals surface area (Å²) in [5.41, 5.74) is 3.66. The van der Waals surface area contributed by atoms with Gasteiger partial charge in [-0.1, -0.05) is 32.9 Å². The Labute approximate surface area is 231 Å². The maximum atomic E-state index is 13.6. The zero-order chi connectivity index (χ0) is 29.0. The van der Waals surface area contributed by atoms with Crippen molar-refractivity contribution in [3.63, 3.8) is 0 Å². The largest absolute Gasteiger partial charge is 0.416 e. The molecule has 0 spiro atoms. The summed E-state index contributed by atoms with van der Waals surface area (Å²) in [5, 5.41) is 11.1. The fourth-order valence-electron chi connectivity index (χ4n) is 4.24. The van der Waals surface area contributed by atoms with Crippen LogP contribution in [0.25, 0.3) is 5.82 Å². The highest BCUT2D eigenvalue weighted by molar-refractivity contribution is 5.98. The monoisotopic (exact) mass is 550 g/mol. The first-order valence-electron chi connectivity index (χ1n) is 13.1. The minimum Gasteiger partial charge on any atom is -0.340 e. The van der Waals surface area contributed by atoms with Gasteiger partial charge in [0.2, 0.25) is 0 Å². The second-order valence-corrected chi connectivity index (χ2v) is 10.1. The molecule has 0 radical (unpaired) electrons. The van der Waals surface area contributed by atoms with Crippen LogP contribution in [0.5, 0.6) is 0 Å². The van der Waals surface area contributed by atoms with Crippen LogP contribution in [0.15, 0.2) is 54.9 Å². The number of rotatable bonds is 10. The molecule has 4 aromatic rings. The molecule has 210 valence electrons. The molecule has 2 heterocycles. The van der Waals surface area contributed by atoms with Gasteiger partial charge < -0.3 is 10.6 Å². The number of hydrogen-bond donors (Lipinski definition) is 2.